The number of nitrogens with zero attached hydrogens (tertiary/aromatic N) is 1. The summed E-state index contributed by atoms with van der Waals surface area (Å²) in [6.07, 6.45) is 1.21. The molecule has 0 aromatic carbocycles. The van der Waals surface area contributed by atoms with Gasteiger partial charge in [0.2, 0.25) is 5.95 Å². The summed E-state index contributed by atoms with van der Waals surface area (Å²) in [6, 6.07) is 1.48. The summed E-state index contributed by atoms with van der Waals surface area (Å²) in [5, 5.41) is 0. The Balaban J connectivity index is 2.89. The molecule has 0 saturated carbocycles. The first-order chi connectivity index (χ1) is 6.15. The van der Waals surface area contributed by atoms with Gasteiger partial charge in [-0.1, -0.05) is 0 Å². The van der Waals surface area contributed by atoms with E-state index in [9.17, 15) is 9.18 Å². The van der Waals surface area contributed by atoms with E-state index in [1.165, 1.54) is 19.4 Å². The maximum Gasteiger partial charge on any atom is 0.310 e. The number of nitrogens with two attached hydrogens (primary N) is 1. The van der Waals surface area contributed by atoms with Gasteiger partial charge in [-0.05, 0) is 11.6 Å². The van der Waals surface area contributed by atoms with Crippen LogP contribution in [0.25, 0.3) is 0 Å². The lowest BCUT2D eigenvalue weighted by atomic mass is 10.1. The number of hydrogen-bond donors (Lipinski definition) is 1. The van der Waals surface area contributed by atoms with E-state index < -0.39 is 11.9 Å². The van der Waals surface area contributed by atoms with Crippen LogP contribution in [0.2, 0.25) is 0 Å². The first-order valence-electron chi connectivity index (χ1n) is 3.61. The number of esters is 1. The Bertz CT molecular complexity index is 328. The molecule has 5 heteroatoms. The molecule has 0 atom stereocenters. The van der Waals surface area contributed by atoms with Gasteiger partial charge >= 0.3 is 5.97 Å². The molecule has 0 aliphatic rings. The first-order valence-corrected chi connectivity index (χ1v) is 3.61. The lowest BCUT2D eigenvalue weighted by Gasteiger charge is -2.03. The predicted octanol–water partition coefficient (Wildman–Crippen LogP) is 0.518. The molecule has 0 saturated heterocycles. The number of carbonyl (C=O) groups is 1. The summed E-state index contributed by atoms with van der Waals surface area (Å²) in [7, 11) is 1.26. The minimum Gasteiger partial charge on any atom is -0.469 e. The zero-order valence-corrected chi connectivity index (χ0v) is 7.08. The van der Waals surface area contributed by atoms with Gasteiger partial charge in [-0.15, -0.1) is 0 Å². The van der Waals surface area contributed by atoms with Gasteiger partial charge in [0.05, 0.1) is 19.2 Å². The summed E-state index contributed by atoms with van der Waals surface area (Å²) in [5.74, 6) is -1.22. The Morgan fingerprint density at radius 3 is 3.08 bits per heavy atom. The van der Waals surface area contributed by atoms with Crippen LogP contribution in [0.3, 0.4) is 0 Å². The van der Waals surface area contributed by atoms with Crippen LogP contribution in [-0.4, -0.2) is 18.1 Å². The molecular weight excluding hydrogens is 175 g/mol. The summed E-state index contributed by atoms with van der Waals surface area (Å²) in [4.78, 5) is 14.2. The Labute approximate surface area is 74.5 Å². The highest BCUT2D eigenvalue weighted by molar-refractivity contribution is 5.74. The third kappa shape index (κ3) is 2.14. The van der Waals surface area contributed by atoms with Crippen molar-refractivity contribution in [2.24, 2.45) is 0 Å². The molecule has 2 N–H and O–H groups in total. The average molecular weight is 184 g/mol. The Morgan fingerprint density at radius 2 is 2.46 bits per heavy atom. The molecule has 0 bridgehead atoms. The first kappa shape index (κ1) is 9.44. The highest BCUT2D eigenvalue weighted by Gasteiger charge is 2.09. The molecule has 0 aliphatic heterocycles. The summed E-state index contributed by atoms with van der Waals surface area (Å²) >= 11 is 0. The van der Waals surface area contributed by atoms with Gasteiger partial charge < -0.3 is 10.5 Å². The fourth-order valence-corrected chi connectivity index (χ4v) is 0.866. The molecule has 1 aromatic rings. The number of nitrogen functional groups attached to an aromatic ring is 1. The van der Waals surface area contributed by atoms with Crippen molar-refractivity contribution in [2.45, 2.75) is 6.42 Å². The zero-order valence-electron chi connectivity index (χ0n) is 7.08. The molecule has 1 rings (SSSR count). The van der Waals surface area contributed by atoms with Crippen LogP contribution in [0.5, 0.6) is 0 Å². The van der Waals surface area contributed by atoms with E-state index in [0.717, 1.165) is 0 Å². The van der Waals surface area contributed by atoms with Crippen LogP contribution in [0, 0.1) is 5.95 Å². The van der Waals surface area contributed by atoms with Crippen molar-refractivity contribution in [3.8, 4) is 0 Å². The van der Waals surface area contributed by atoms with Gasteiger partial charge in [0, 0.05) is 6.20 Å². The number of pyridine rings is 1. The van der Waals surface area contributed by atoms with E-state index >= 15 is 0 Å². The van der Waals surface area contributed by atoms with Crippen LogP contribution < -0.4 is 5.73 Å². The normalized spacial score (nSPS) is 9.69. The number of anilines is 1. The molecule has 0 radical (unpaired) electrons. The van der Waals surface area contributed by atoms with Gasteiger partial charge in [0.15, 0.2) is 0 Å². The Kier molecular flexibility index (Phi) is 2.79. The fourth-order valence-electron chi connectivity index (χ4n) is 0.866. The molecule has 1 aromatic heterocycles. The predicted molar refractivity (Wildman–Crippen MR) is 44.3 cm³/mol. The second-order valence-electron chi connectivity index (χ2n) is 2.43. The van der Waals surface area contributed by atoms with Crippen molar-refractivity contribution in [3.63, 3.8) is 0 Å². The second kappa shape index (κ2) is 3.84. The van der Waals surface area contributed by atoms with E-state index in [1.54, 1.807) is 0 Å². The van der Waals surface area contributed by atoms with Crippen LogP contribution in [-0.2, 0) is 16.0 Å². The standard InChI is InChI=1S/C8H9FN2O2/c1-13-6(12)4-5-2-3-11-8(9)7(5)10/h2-3H,4,10H2,1H3. The van der Waals surface area contributed by atoms with Crippen molar-refractivity contribution in [2.75, 3.05) is 12.8 Å². The molecule has 70 valence electrons. The van der Waals surface area contributed by atoms with Crippen LogP contribution in [0.4, 0.5) is 10.1 Å². The van der Waals surface area contributed by atoms with Gasteiger partial charge in [0.25, 0.3) is 0 Å². The summed E-state index contributed by atoms with van der Waals surface area (Å²) < 4.78 is 17.2. The monoisotopic (exact) mass is 184 g/mol. The molecule has 0 aliphatic carbocycles. The number of aromatic nitrogens is 1. The molecule has 0 spiro atoms. The van der Waals surface area contributed by atoms with E-state index in [2.05, 4.69) is 9.72 Å². The molecule has 0 unspecified atom stereocenters. The third-order valence-corrected chi connectivity index (χ3v) is 1.59. The lowest BCUT2D eigenvalue weighted by Crippen LogP contribution is -2.08. The molecule has 0 amide bonds. The van der Waals surface area contributed by atoms with E-state index in [4.69, 9.17) is 5.73 Å². The Hall–Kier alpha value is -1.65. The lowest BCUT2D eigenvalue weighted by molar-refractivity contribution is -0.139. The largest absolute Gasteiger partial charge is 0.469 e. The van der Waals surface area contributed by atoms with Crippen molar-refractivity contribution in [3.05, 3.63) is 23.8 Å². The van der Waals surface area contributed by atoms with Crippen molar-refractivity contribution in [1.29, 1.82) is 0 Å². The highest BCUT2D eigenvalue weighted by Crippen LogP contribution is 2.13. The Morgan fingerprint density at radius 1 is 1.77 bits per heavy atom. The number of hydrogen-bond acceptors (Lipinski definition) is 4. The topological polar surface area (TPSA) is 65.2 Å². The average Bonchev–Trinajstić information content (AvgIpc) is 2.13. The van der Waals surface area contributed by atoms with E-state index in [-0.39, 0.29) is 12.1 Å². The summed E-state index contributed by atoms with van der Waals surface area (Å²) in [5.41, 5.74) is 5.62. The maximum atomic E-state index is 12.7. The van der Waals surface area contributed by atoms with Gasteiger partial charge in [-0.2, -0.15) is 4.39 Å². The number of ether oxygens (including phenoxy) is 1. The van der Waals surface area contributed by atoms with E-state index in [0.29, 0.717) is 5.56 Å². The zero-order chi connectivity index (χ0) is 9.84. The van der Waals surface area contributed by atoms with Crippen molar-refractivity contribution in [1.82, 2.24) is 4.98 Å². The smallest absolute Gasteiger partial charge is 0.310 e. The van der Waals surface area contributed by atoms with Gasteiger partial charge in [0.1, 0.15) is 0 Å². The second-order valence-corrected chi connectivity index (χ2v) is 2.43. The van der Waals surface area contributed by atoms with Crippen LogP contribution in [0.15, 0.2) is 12.3 Å². The number of halogens is 1. The number of methoxy groups -OCH3 is 1. The van der Waals surface area contributed by atoms with E-state index in [1.807, 2.05) is 0 Å². The fraction of sp³-hybridized carbons (Fsp3) is 0.250. The van der Waals surface area contributed by atoms with Crippen molar-refractivity contribution < 1.29 is 13.9 Å². The molecule has 0 fully saturated rings. The summed E-state index contributed by atoms with van der Waals surface area (Å²) in [6.45, 7) is 0. The number of carbonyl (C=O) groups excluding carboxylic acids is 1. The SMILES string of the molecule is COC(=O)Cc1ccnc(F)c1N. The molecule has 4 nitrogen and oxygen atoms in total. The van der Waals surface area contributed by atoms with Crippen molar-refractivity contribution >= 4 is 11.7 Å². The minimum atomic E-state index is -0.763. The molecule has 13 heavy (non-hydrogen) atoms. The van der Waals surface area contributed by atoms with Gasteiger partial charge in [-0.25, -0.2) is 4.98 Å². The van der Waals surface area contributed by atoms with Crippen LogP contribution >= 0.6 is 0 Å². The quantitative estimate of drug-likeness (QED) is 0.537. The van der Waals surface area contributed by atoms with Crippen LogP contribution in [0.1, 0.15) is 5.56 Å². The third-order valence-electron chi connectivity index (χ3n) is 1.59. The van der Waals surface area contributed by atoms with Gasteiger partial charge in [-0.3, -0.25) is 4.79 Å². The highest BCUT2D eigenvalue weighted by atomic mass is 19.1. The molecular formula is C8H9FN2O2. The minimum absolute atomic E-state index is 0.0399. The molecule has 1 heterocycles. The maximum absolute atomic E-state index is 12.7. The number of rotatable bonds is 2.